The zero-order chi connectivity index (χ0) is 19.6. The highest BCUT2D eigenvalue weighted by atomic mass is 32.2. The molecular weight excluding hydrogens is 356 g/mol. The Balaban J connectivity index is 2.74. The number of hydrogen-bond acceptors (Lipinski definition) is 3. The molecule has 1 aromatic carbocycles. The van der Waals surface area contributed by atoms with Crippen molar-refractivity contribution in [1.82, 2.24) is 0 Å². The number of unbranched alkanes of at least 4 members (excludes halogenated alkanes) is 2. The summed E-state index contributed by atoms with van der Waals surface area (Å²) in [7, 11) is -1.98. The van der Waals surface area contributed by atoms with Crippen molar-refractivity contribution >= 4 is 25.2 Å². The standard InChI is InChI=1S/C22H36O2SSi/c1-7-8-9-10-14-17-20(24-26(5,6)22(2,3)4)21(23)25-18-19-15-12-11-13-16-19/h10-16,20H,7-9,17-18H2,1-6H3. The van der Waals surface area contributed by atoms with E-state index in [1.54, 1.807) is 0 Å². The molecule has 0 aliphatic rings. The van der Waals surface area contributed by atoms with Gasteiger partial charge in [0.25, 0.3) is 0 Å². The van der Waals surface area contributed by atoms with Gasteiger partial charge in [0.05, 0.1) is 0 Å². The van der Waals surface area contributed by atoms with Gasteiger partial charge in [-0.15, -0.1) is 0 Å². The van der Waals surface area contributed by atoms with E-state index in [1.165, 1.54) is 30.2 Å². The zero-order valence-corrected chi connectivity index (χ0v) is 19.2. The van der Waals surface area contributed by atoms with Crippen LogP contribution in [0.4, 0.5) is 0 Å². The minimum atomic E-state index is -1.98. The van der Waals surface area contributed by atoms with Gasteiger partial charge in [0.2, 0.25) is 5.12 Å². The molecule has 0 fully saturated rings. The van der Waals surface area contributed by atoms with Crippen LogP contribution < -0.4 is 0 Å². The summed E-state index contributed by atoms with van der Waals surface area (Å²) in [5, 5.41) is 0.250. The van der Waals surface area contributed by atoms with Crippen LogP contribution in [0.3, 0.4) is 0 Å². The number of rotatable bonds is 10. The first-order valence-corrected chi connectivity index (χ1v) is 13.6. The Kier molecular flexibility index (Phi) is 9.91. The van der Waals surface area contributed by atoms with Gasteiger partial charge in [0.15, 0.2) is 8.32 Å². The molecule has 0 aliphatic heterocycles. The molecule has 1 atom stereocenters. The lowest BCUT2D eigenvalue weighted by Crippen LogP contribution is -2.45. The van der Waals surface area contributed by atoms with Crippen LogP contribution in [0.5, 0.6) is 0 Å². The first-order valence-electron chi connectivity index (χ1n) is 9.70. The Hall–Kier alpha value is -0.843. The molecule has 26 heavy (non-hydrogen) atoms. The second kappa shape index (κ2) is 11.1. The molecule has 0 aliphatic carbocycles. The molecule has 0 saturated carbocycles. The Morgan fingerprint density at radius 3 is 2.42 bits per heavy atom. The highest BCUT2D eigenvalue weighted by Gasteiger charge is 2.40. The van der Waals surface area contributed by atoms with Crippen LogP contribution in [0.1, 0.15) is 58.9 Å². The maximum Gasteiger partial charge on any atom is 0.217 e. The van der Waals surface area contributed by atoms with Gasteiger partial charge in [-0.25, -0.2) is 0 Å². The van der Waals surface area contributed by atoms with E-state index in [2.05, 4.69) is 65.1 Å². The summed E-state index contributed by atoms with van der Waals surface area (Å²) in [6.45, 7) is 13.3. The molecule has 4 heteroatoms. The van der Waals surface area contributed by atoms with Crippen LogP contribution in [0.15, 0.2) is 42.5 Å². The Labute approximate surface area is 165 Å². The minimum Gasteiger partial charge on any atom is -0.406 e. The van der Waals surface area contributed by atoms with E-state index in [4.69, 9.17) is 4.43 Å². The van der Waals surface area contributed by atoms with Crippen molar-refractivity contribution in [3.8, 4) is 0 Å². The monoisotopic (exact) mass is 392 g/mol. The minimum absolute atomic E-state index is 0.0988. The van der Waals surface area contributed by atoms with Crippen molar-refractivity contribution in [3.05, 3.63) is 48.0 Å². The summed E-state index contributed by atoms with van der Waals surface area (Å²) < 4.78 is 6.48. The topological polar surface area (TPSA) is 26.3 Å². The first-order chi connectivity index (χ1) is 12.2. The van der Waals surface area contributed by atoms with E-state index in [0.29, 0.717) is 12.2 Å². The van der Waals surface area contributed by atoms with Gasteiger partial charge in [-0.2, -0.15) is 0 Å². The lowest BCUT2D eigenvalue weighted by Gasteiger charge is -2.38. The summed E-state index contributed by atoms with van der Waals surface area (Å²) in [4.78, 5) is 12.9. The molecule has 0 heterocycles. The number of thioether (sulfide) groups is 1. The van der Waals surface area contributed by atoms with Gasteiger partial charge in [-0.3, -0.25) is 4.79 Å². The predicted octanol–water partition coefficient (Wildman–Crippen LogP) is 6.97. The molecule has 0 N–H and O–H groups in total. The van der Waals surface area contributed by atoms with Gasteiger partial charge in [0.1, 0.15) is 6.10 Å². The van der Waals surface area contributed by atoms with E-state index in [1.807, 2.05) is 18.2 Å². The van der Waals surface area contributed by atoms with Crippen LogP contribution in [0, 0.1) is 0 Å². The molecular formula is C22H36O2SSi. The van der Waals surface area contributed by atoms with Crippen molar-refractivity contribution in [2.24, 2.45) is 0 Å². The summed E-state index contributed by atoms with van der Waals surface area (Å²) in [6.07, 6.45) is 8.13. The molecule has 1 rings (SSSR count). The fourth-order valence-electron chi connectivity index (χ4n) is 2.21. The summed E-state index contributed by atoms with van der Waals surface area (Å²) in [5.41, 5.74) is 1.18. The fraction of sp³-hybridized carbons (Fsp3) is 0.591. The molecule has 1 unspecified atom stereocenters. The first kappa shape index (κ1) is 23.2. The molecule has 0 bridgehead atoms. The van der Waals surface area contributed by atoms with Gasteiger partial charge < -0.3 is 4.43 Å². The lowest BCUT2D eigenvalue weighted by atomic mass is 10.2. The normalized spacial score (nSPS) is 13.9. The third kappa shape index (κ3) is 8.23. The number of benzene rings is 1. The fourth-order valence-corrected chi connectivity index (χ4v) is 4.39. The van der Waals surface area contributed by atoms with Crippen LogP contribution in [-0.2, 0) is 15.0 Å². The van der Waals surface area contributed by atoms with E-state index in [9.17, 15) is 4.79 Å². The molecule has 1 aromatic rings. The lowest BCUT2D eigenvalue weighted by molar-refractivity contribution is -0.117. The van der Waals surface area contributed by atoms with Gasteiger partial charge in [-0.1, -0.05) is 94.8 Å². The summed E-state index contributed by atoms with van der Waals surface area (Å²) >= 11 is 1.38. The Morgan fingerprint density at radius 1 is 1.19 bits per heavy atom. The van der Waals surface area contributed by atoms with E-state index >= 15 is 0 Å². The maximum atomic E-state index is 12.9. The van der Waals surface area contributed by atoms with Crippen LogP contribution in [0.25, 0.3) is 0 Å². The second-order valence-corrected chi connectivity index (χ2v) is 14.0. The molecule has 0 aromatic heterocycles. The van der Waals surface area contributed by atoms with Gasteiger partial charge in [-0.05, 0) is 36.5 Å². The van der Waals surface area contributed by atoms with Crippen molar-refractivity contribution in [2.45, 2.75) is 83.4 Å². The van der Waals surface area contributed by atoms with Crippen LogP contribution in [0.2, 0.25) is 18.1 Å². The average molecular weight is 393 g/mol. The molecule has 0 spiro atoms. The predicted molar refractivity (Wildman–Crippen MR) is 118 cm³/mol. The number of hydrogen-bond donors (Lipinski definition) is 0. The smallest absolute Gasteiger partial charge is 0.217 e. The molecule has 0 radical (unpaired) electrons. The summed E-state index contributed by atoms with van der Waals surface area (Å²) in [6, 6.07) is 10.2. The van der Waals surface area contributed by atoms with Crippen molar-refractivity contribution in [2.75, 3.05) is 0 Å². The van der Waals surface area contributed by atoms with Crippen LogP contribution in [-0.4, -0.2) is 19.5 Å². The average Bonchev–Trinajstić information content (AvgIpc) is 2.58. The third-order valence-electron chi connectivity index (χ3n) is 4.97. The largest absolute Gasteiger partial charge is 0.406 e. The molecule has 146 valence electrons. The molecule has 2 nitrogen and oxygen atoms in total. The Bertz CT molecular complexity index is 561. The van der Waals surface area contributed by atoms with Crippen molar-refractivity contribution < 1.29 is 9.22 Å². The van der Waals surface area contributed by atoms with E-state index < -0.39 is 8.32 Å². The summed E-state index contributed by atoms with van der Waals surface area (Å²) in [5.74, 6) is 0.705. The molecule has 0 amide bonds. The number of carbonyl (C=O) groups excluding carboxylic acids is 1. The van der Waals surface area contributed by atoms with E-state index in [-0.39, 0.29) is 16.3 Å². The Morgan fingerprint density at radius 2 is 1.85 bits per heavy atom. The number of carbonyl (C=O) groups is 1. The van der Waals surface area contributed by atoms with Crippen molar-refractivity contribution in [1.29, 1.82) is 0 Å². The van der Waals surface area contributed by atoms with Crippen molar-refractivity contribution in [3.63, 3.8) is 0 Å². The highest BCUT2D eigenvalue weighted by Crippen LogP contribution is 2.38. The SMILES string of the molecule is CCCCC=CCC(O[Si](C)(C)C(C)(C)C)C(=O)SCc1ccccc1. The molecule has 0 saturated heterocycles. The zero-order valence-electron chi connectivity index (χ0n) is 17.4. The van der Waals surface area contributed by atoms with E-state index in [0.717, 1.165) is 6.42 Å². The van der Waals surface area contributed by atoms with Crippen LogP contribution >= 0.6 is 11.8 Å². The number of allylic oxidation sites excluding steroid dienone is 1. The highest BCUT2D eigenvalue weighted by molar-refractivity contribution is 8.13. The van der Waals surface area contributed by atoms with Gasteiger partial charge >= 0.3 is 0 Å². The van der Waals surface area contributed by atoms with Gasteiger partial charge in [0, 0.05) is 5.75 Å². The third-order valence-corrected chi connectivity index (χ3v) is 10.5. The maximum absolute atomic E-state index is 12.9. The second-order valence-electron chi connectivity index (χ2n) is 8.31. The quantitative estimate of drug-likeness (QED) is 0.244.